The highest BCUT2D eigenvalue weighted by Crippen LogP contribution is 2.42. The van der Waals surface area contributed by atoms with Crippen molar-refractivity contribution < 1.29 is 24.6 Å². The van der Waals surface area contributed by atoms with E-state index >= 15 is 0 Å². The van der Waals surface area contributed by atoms with Crippen molar-refractivity contribution in [1.29, 1.82) is 0 Å². The fourth-order valence-corrected chi connectivity index (χ4v) is 6.33. The molecule has 4 rings (SSSR count). The molecule has 32 heavy (non-hydrogen) atoms. The second kappa shape index (κ2) is 9.26. The molecule has 0 spiro atoms. The summed E-state index contributed by atoms with van der Waals surface area (Å²) >= 11 is 3.99. The van der Waals surface area contributed by atoms with Gasteiger partial charge in [-0.25, -0.2) is 4.79 Å². The Labute approximate surface area is 193 Å². The number of rotatable bonds is 8. The fourth-order valence-electron chi connectivity index (χ4n) is 3.36. The average Bonchev–Trinajstić information content (AvgIpc) is 3.29. The molecule has 1 aromatic carbocycles. The Kier molecular flexibility index (Phi) is 6.43. The Hall–Kier alpha value is -2.97. The van der Waals surface area contributed by atoms with Gasteiger partial charge in [-0.05, 0) is 23.3 Å². The number of hydrogen-bond acceptors (Lipinski definition) is 11. The van der Waals surface area contributed by atoms with Crippen molar-refractivity contribution in [2.45, 2.75) is 21.8 Å². The molecule has 0 saturated carbocycles. The first-order chi connectivity index (χ1) is 15.4. The highest BCUT2D eigenvalue weighted by Gasteiger charge is 2.54. The summed E-state index contributed by atoms with van der Waals surface area (Å²) in [5.41, 5.74) is 2.23. The van der Waals surface area contributed by atoms with Gasteiger partial charge in [0.15, 0.2) is 10.4 Å². The summed E-state index contributed by atoms with van der Waals surface area (Å²) in [6.45, 7) is 0. The summed E-state index contributed by atoms with van der Waals surface area (Å²) in [6, 6.07) is 3.11. The van der Waals surface area contributed by atoms with Gasteiger partial charge in [0.1, 0.15) is 28.4 Å². The number of carboxylic acid groups (broad SMARTS) is 1. The summed E-state index contributed by atoms with van der Waals surface area (Å²) in [4.78, 5) is 49.7. The number of amides is 2. The molecule has 14 heteroatoms. The highest BCUT2D eigenvalue weighted by molar-refractivity contribution is 8.01. The van der Waals surface area contributed by atoms with Gasteiger partial charge in [-0.2, -0.15) is 0 Å². The van der Waals surface area contributed by atoms with Crippen LogP contribution in [0.25, 0.3) is 0 Å². The number of aliphatic carboxylic acids is 1. The van der Waals surface area contributed by atoms with E-state index in [0.717, 1.165) is 4.90 Å². The normalized spacial score (nSPS) is 20.9. The second-order valence-corrected chi connectivity index (χ2v) is 9.91. The number of fused-ring (bicyclic) bond motifs is 1. The van der Waals surface area contributed by atoms with E-state index in [9.17, 15) is 29.5 Å². The number of phenolic OH excluding ortho intramolecular Hbond substituents is 1. The maximum Gasteiger partial charge on any atom is 0.352 e. The predicted octanol–water partition coefficient (Wildman–Crippen LogP) is 1.58. The number of aromatic hydroxyl groups is 1. The molecule has 2 aromatic rings. The van der Waals surface area contributed by atoms with Crippen molar-refractivity contribution in [3.8, 4) is 5.75 Å². The van der Waals surface area contributed by atoms with Crippen LogP contribution in [0.5, 0.6) is 5.75 Å². The molecule has 2 aliphatic heterocycles. The van der Waals surface area contributed by atoms with Crippen molar-refractivity contribution in [2.75, 3.05) is 11.5 Å². The number of nitrogens with one attached hydrogen (secondary N) is 1. The molecule has 3 atom stereocenters. The van der Waals surface area contributed by atoms with Gasteiger partial charge in [0.05, 0.1) is 0 Å². The predicted molar refractivity (Wildman–Crippen MR) is 117 cm³/mol. The lowest BCUT2D eigenvalue weighted by Crippen LogP contribution is -2.70. The van der Waals surface area contributed by atoms with Crippen LogP contribution in [0.2, 0.25) is 0 Å². The van der Waals surface area contributed by atoms with E-state index in [2.05, 4.69) is 20.7 Å². The number of carbonyl (C=O) groups is 3. The first-order valence-electron chi connectivity index (χ1n) is 9.11. The minimum absolute atomic E-state index is 0.0979. The van der Waals surface area contributed by atoms with Gasteiger partial charge in [-0.3, -0.25) is 14.5 Å². The van der Waals surface area contributed by atoms with Crippen LogP contribution in [0.1, 0.15) is 11.6 Å². The number of phenols is 1. The Balaban J connectivity index is 1.48. The van der Waals surface area contributed by atoms with Crippen LogP contribution in [0.3, 0.4) is 0 Å². The number of hydrogen-bond donors (Lipinski definition) is 3. The Morgan fingerprint density at radius 1 is 1.41 bits per heavy atom. The van der Waals surface area contributed by atoms with Gasteiger partial charge in [-0.1, -0.05) is 40.4 Å². The number of carbonyl (C=O) groups excluding carboxylic acids is 2. The van der Waals surface area contributed by atoms with E-state index in [0.29, 0.717) is 21.4 Å². The van der Waals surface area contributed by atoms with E-state index in [1.54, 1.807) is 5.51 Å². The summed E-state index contributed by atoms with van der Waals surface area (Å²) in [5, 5.41) is 31.6. The van der Waals surface area contributed by atoms with Crippen LogP contribution in [0.4, 0.5) is 0 Å². The van der Waals surface area contributed by atoms with Gasteiger partial charge in [0, 0.05) is 11.5 Å². The number of carboxylic acids is 1. The van der Waals surface area contributed by atoms with Crippen LogP contribution in [-0.2, 0) is 14.4 Å². The van der Waals surface area contributed by atoms with E-state index in [-0.39, 0.29) is 17.0 Å². The van der Waals surface area contributed by atoms with Crippen LogP contribution in [-0.4, -0.2) is 66.0 Å². The molecular weight excluding hydrogens is 478 g/mol. The van der Waals surface area contributed by atoms with Gasteiger partial charge in [-0.15, -0.1) is 26.9 Å². The topological polar surface area (TPSA) is 162 Å². The second-order valence-electron chi connectivity index (χ2n) is 6.75. The Bertz CT molecular complexity index is 1110. The van der Waals surface area contributed by atoms with E-state index in [4.69, 9.17) is 0 Å². The Morgan fingerprint density at radius 3 is 2.88 bits per heavy atom. The number of nitroso groups, excluding NO2 is 1. The van der Waals surface area contributed by atoms with Gasteiger partial charge >= 0.3 is 5.97 Å². The molecule has 0 radical (unpaired) electrons. The highest BCUT2D eigenvalue weighted by atomic mass is 32.2. The molecule has 2 unspecified atom stereocenters. The molecule has 2 aliphatic rings. The van der Waals surface area contributed by atoms with Gasteiger partial charge < -0.3 is 15.5 Å². The third kappa shape index (κ3) is 4.20. The molecule has 0 bridgehead atoms. The van der Waals surface area contributed by atoms with Crippen molar-refractivity contribution in [3.63, 3.8) is 0 Å². The average molecular weight is 494 g/mol. The first-order valence-corrected chi connectivity index (χ1v) is 12.0. The summed E-state index contributed by atoms with van der Waals surface area (Å²) in [6.07, 6.45) is 0. The lowest BCUT2D eigenvalue weighted by atomic mass is 10.0. The summed E-state index contributed by atoms with van der Waals surface area (Å²) in [7, 11) is 0. The van der Waals surface area contributed by atoms with Crippen LogP contribution >= 0.6 is 34.9 Å². The summed E-state index contributed by atoms with van der Waals surface area (Å²) in [5.74, 6) is -2.04. The maximum atomic E-state index is 12.8. The van der Waals surface area contributed by atoms with E-state index in [1.807, 2.05) is 0 Å². The van der Waals surface area contributed by atoms with E-state index in [1.165, 1.54) is 59.1 Å². The number of aromatic nitrogens is 2. The largest absolute Gasteiger partial charge is 0.508 e. The number of β-lactam (4-membered cyclic amide) rings is 1. The molecule has 166 valence electrons. The quantitative estimate of drug-likeness (QED) is 0.280. The Morgan fingerprint density at radius 2 is 2.22 bits per heavy atom. The number of thioether (sulfide) groups is 2. The molecule has 1 saturated heterocycles. The SMILES string of the molecule is O=NC(C(=O)NC1C(=O)N2C(C(=O)O)=C(CSc3nncs3)CS[C@@H]12)c1cccc(O)c1. The molecule has 11 nitrogen and oxygen atoms in total. The first kappa shape index (κ1) is 22.2. The fraction of sp³-hybridized carbons (Fsp3) is 0.278. The van der Waals surface area contributed by atoms with Gasteiger partial charge in [0.2, 0.25) is 0 Å². The minimum atomic E-state index is -1.45. The third-order valence-corrected chi connectivity index (χ3v) is 8.08. The summed E-state index contributed by atoms with van der Waals surface area (Å²) < 4.78 is 0.689. The molecule has 3 heterocycles. The molecular formula is C18H15N5O6S3. The molecule has 2 amide bonds. The van der Waals surface area contributed by atoms with E-state index < -0.39 is 35.2 Å². The van der Waals surface area contributed by atoms with Crippen LogP contribution < -0.4 is 5.32 Å². The maximum absolute atomic E-state index is 12.8. The van der Waals surface area contributed by atoms with Crippen molar-refractivity contribution in [2.24, 2.45) is 5.18 Å². The zero-order chi connectivity index (χ0) is 22.8. The third-order valence-electron chi connectivity index (χ3n) is 4.80. The monoisotopic (exact) mass is 493 g/mol. The van der Waals surface area contributed by atoms with Crippen LogP contribution in [0.15, 0.2) is 50.6 Å². The van der Waals surface area contributed by atoms with Crippen molar-refractivity contribution in [3.05, 3.63) is 51.5 Å². The lowest BCUT2D eigenvalue weighted by molar-refractivity contribution is -0.150. The molecule has 1 fully saturated rings. The number of nitrogens with zero attached hydrogens (tertiary/aromatic N) is 4. The standard InChI is InChI=1S/C18H15N5O6S3/c24-10-3-1-2-8(4-10)11(22-29)14(25)20-12-15(26)23-13(17(27)28)9(5-30-16(12)23)6-31-18-21-19-7-32-18/h1-4,7,11-12,16,24H,5-6H2,(H,20,25)(H,27,28)/t11?,12?,16-/m0/s1. The molecule has 1 aromatic heterocycles. The zero-order valence-electron chi connectivity index (χ0n) is 16.1. The smallest absolute Gasteiger partial charge is 0.352 e. The zero-order valence-corrected chi connectivity index (χ0v) is 18.5. The van der Waals surface area contributed by atoms with Crippen molar-refractivity contribution in [1.82, 2.24) is 20.4 Å². The molecule has 0 aliphatic carbocycles. The lowest BCUT2D eigenvalue weighted by Gasteiger charge is -2.49. The van der Waals surface area contributed by atoms with Crippen LogP contribution in [0, 0.1) is 4.91 Å². The minimum Gasteiger partial charge on any atom is -0.508 e. The number of benzene rings is 1. The molecule has 3 N–H and O–H groups in total. The van der Waals surface area contributed by atoms with Gasteiger partial charge in [0.25, 0.3) is 11.8 Å². The van der Waals surface area contributed by atoms with Crippen molar-refractivity contribution >= 4 is 52.6 Å².